The van der Waals surface area contributed by atoms with Gasteiger partial charge in [0.2, 0.25) is 0 Å². The number of benzene rings is 1. The van der Waals surface area contributed by atoms with E-state index in [1.165, 1.54) is 0 Å². The first kappa shape index (κ1) is 14.2. The molecule has 17 heavy (non-hydrogen) atoms. The van der Waals surface area contributed by atoms with Crippen LogP contribution in [0, 0.1) is 0 Å². The molecule has 0 fully saturated rings. The quantitative estimate of drug-likeness (QED) is 0.761. The summed E-state index contributed by atoms with van der Waals surface area (Å²) in [5, 5.41) is 10.1. The first-order valence-electron chi connectivity index (χ1n) is 5.61. The van der Waals surface area contributed by atoms with Gasteiger partial charge in [-0.3, -0.25) is 0 Å². The average molecular weight is 256 g/mol. The van der Waals surface area contributed by atoms with Gasteiger partial charge in [-0.25, -0.2) is 0 Å². The van der Waals surface area contributed by atoms with Gasteiger partial charge in [0.1, 0.15) is 11.5 Å². The molecule has 0 radical (unpaired) electrons. The molecule has 1 unspecified atom stereocenters. The van der Waals surface area contributed by atoms with Crippen LogP contribution in [-0.4, -0.2) is 31.3 Å². The minimum Gasteiger partial charge on any atom is -0.497 e. The third-order valence-corrected chi connectivity index (χ3v) is 3.28. The van der Waals surface area contributed by atoms with Crippen LogP contribution in [0.4, 0.5) is 0 Å². The highest BCUT2D eigenvalue weighted by Crippen LogP contribution is 2.28. The molecule has 1 N–H and O–H groups in total. The van der Waals surface area contributed by atoms with Crippen molar-refractivity contribution in [1.82, 2.24) is 0 Å². The number of hydrogen-bond acceptors (Lipinski definition) is 4. The normalized spacial score (nSPS) is 12.2. The van der Waals surface area contributed by atoms with E-state index in [0.717, 1.165) is 24.2 Å². The first-order valence-corrected chi connectivity index (χ1v) is 7.00. The molecule has 0 aliphatic carbocycles. The van der Waals surface area contributed by atoms with Gasteiger partial charge in [-0.15, -0.1) is 0 Å². The zero-order chi connectivity index (χ0) is 12.7. The summed E-state index contributed by atoms with van der Waals surface area (Å²) in [5.41, 5.74) is 0.849. The van der Waals surface area contributed by atoms with Gasteiger partial charge in [-0.1, -0.05) is 0 Å². The summed E-state index contributed by atoms with van der Waals surface area (Å²) < 4.78 is 10.4. The lowest BCUT2D eigenvalue weighted by molar-refractivity contribution is 0.166. The molecule has 0 spiro atoms. The van der Waals surface area contributed by atoms with Crippen LogP contribution in [0.5, 0.6) is 11.5 Å². The second-order valence-corrected chi connectivity index (χ2v) is 4.78. The molecule has 0 heterocycles. The van der Waals surface area contributed by atoms with E-state index in [1.54, 1.807) is 32.0 Å². The second kappa shape index (κ2) is 7.45. The lowest BCUT2D eigenvalue weighted by Gasteiger charge is -2.13. The number of methoxy groups -OCH3 is 2. The summed E-state index contributed by atoms with van der Waals surface area (Å²) in [7, 11) is 3.22. The first-order chi connectivity index (χ1) is 8.21. The van der Waals surface area contributed by atoms with Gasteiger partial charge in [-0.2, -0.15) is 11.8 Å². The van der Waals surface area contributed by atoms with E-state index < -0.39 is 6.10 Å². The van der Waals surface area contributed by atoms with Crippen LogP contribution in [0.3, 0.4) is 0 Å². The Morgan fingerprint density at radius 3 is 2.24 bits per heavy atom. The molecule has 4 heteroatoms. The monoisotopic (exact) mass is 256 g/mol. The molecule has 0 aliphatic heterocycles. The third kappa shape index (κ3) is 4.48. The Hall–Kier alpha value is -0.870. The summed E-state index contributed by atoms with van der Waals surface area (Å²) in [6.45, 7) is 0. The van der Waals surface area contributed by atoms with E-state index in [0.29, 0.717) is 11.5 Å². The van der Waals surface area contributed by atoms with Crippen LogP contribution >= 0.6 is 11.8 Å². The van der Waals surface area contributed by atoms with Gasteiger partial charge in [-0.05, 0) is 42.5 Å². The highest BCUT2D eigenvalue weighted by molar-refractivity contribution is 7.98. The van der Waals surface area contributed by atoms with Crippen molar-refractivity contribution < 1.29 is 14.6 Å². The lowest BCUT2D eigenvalue weighted by Crippen LogP contribution is -2.00. The lowest BCUT2D eigenvalue weighted by atomic mass is 10.0. The van der Waals surface area contributed by atoms with Crippen molar-refractivity contribution in [2.45, 2.75) is 18.9 Å². The fraction of sp³-hybridized carbons (Fsp3) is 0.538. The predicted molar refractivity (Wildman–Crippen MR) is 72.1 cm³/mol. The van der Waals surface area contributed by atoms with E-state index in [2.05, 4.69) is 6.26 Å². The molecule has 1 rings (SSSR count). The molecule has 1 aromatic rings. The predicted octanol–water partition coefficient (Wildman–Crippen LogP) is 2.88. The van der Waals surface area contributed by atoms with Crippen molar-refractivity contribution in [2.24, 2.45) is 0 Å². The van der Waals surface area contributed by atoms with Crippen molar-refractivity contribution in [3.05, 3.63) is 23.8 Å². The number of ether oxygens (including phenoxy) is 2. The van der Waals surface area contributed by atoms with Gasteiger partial charge in [0.05, 0.1) is 20.3 Å². The molecule has 0 amide bonds. The number of hydrogen-bond donors (Lipinski definition) is 1. The number of rotatable bonds is 7. The van der Waals surface area contributed by atoms with Crippen LogP contribution in [0.1, 0.15) is 24.5 Å². The van der Waals surface area contributed by atoms with Gasteiger partial charge >= 0.3 is 0 Å². The Kier molecular flexibility index (Phi) is 6.22. The largest absolute Gasteiger partial charge is 0.497 e. The molecule has 3 nitrogen and oxygen atoms in total. The summed E-state index contributed by atoms with van der Waals surface area (Å²) in [6.07, 6.45) is 3.38. The van der Waals surface area contributed by atoms with Crippen LogP contribution in [0.2, 0.25) is 0 Å². The average Bonchev–Trinajstić information content (AvgIpc) is 2.38. The van der Waals surface area contributed by atoms with Crippen LogP contribution < -0.4 is 9.47 Å². The topological polar surface area (TPSA) is 38.7 Å². The van der Waals surface area contributed by atoms with Crippen LogP contribution in [0.15, 0.2) is 18.2 Å². The smallest absolute Gasteiger partial charge is 0.122 e. The standard InChI is InChI=1S/C13H20O3S/c1-15-11-7-10(8-12(9-11)16-2)13(14)5-4-6-17-3/h7-9,13-14H,4-6H2,1-3H3. The Balaban J connectivity index is 2.73. The number of aliphatic hydroxyl groups is 1. The van der Waals surface area contributed by atoms with Crippen molar-refractivity contribution in [3.63, 3.8) is 0 Å². The van der Waals surface area contributed by atoms with Crippen molar-refractivity contribution in [2.75, 3.05) is 26.2 Å². The molecule has 1 aromatic carbocycles. The van der Waals surface area contributed by atoms with Crippen molar-refractivity contribution >= 4 is 11.8 Å². The summed E-state index contributed by atoms with van der Waals surface area (Å²) in [4.78, 5) is 0. The molecule has 96 valence electrons. The Morgan fingerprint density at radius 2 is 1.76 bits per heavy atom. The molecular weight excluding hydrogens is 236 g/mol. The van der Waals surface area contributed by atoms with E-state index in [-0.39, 0.29) is 0 Å². The molecule has 0 aliphatic rings. The second-order valence-electron chi connectivity index (χ2n) is 3.80. The zero-order valence-electron chi connectivity index (χ0n) is 10.6. The van der Waals surface area contributed by atoms with Gasteiger partial charge in [0.25, 0.3) is 0 Å². The maximum absolute atomic E-state index is 10.1. The SMILES string of the molecule is COc1cc(OC)cc(C(O)CCCSC)c1. The highest BCUT2D eigenvalue weighted by atomic mass is 32.2. The summed E-state index contributed by atoms with van der Waals surface area (Å²) in [5.74, 6) is 2.49. The van der Waals surface area contributed by atoms with Gasteiger partial charge < -0.3 is 14.6 Å². The zero-order valence-corrected chi connectivity index (χ0v) is 11.4. The van der Waals surface area contributed by atoms with E-state index >= 15 is 0 Å². The highest BCUT2D eigenvalue weighted by Gasteiger charge is 2.10. The van der Waals surface area contributed by atoms with Gasteiger partial charge in [0.15, 0.2) is 0 Å². The molecule has 0 bridgehead atoms. The number of thioether (sulfide) groups is 1. The maximum atomic E-state index is 10.1. The summed E-state index contributed by atoms with van der Waals surface area (Å²) >= 11 is 1.79. The van der Waals surface area contributed by atoms with Crippen LogP contribution in [-0.2, 0) is 0 Å². The molecule has 1 atom stereocenters. The van der Waals surface area contributed by atoms with Crippen molar-refractivity contribution in [1.29, 1.82) is 0 Å². The van der Waals surface area contributed by atoms with Crippen LogP contribution in [0.25, 0.3) is 0 Å². The number of aliphatic hydroxyl groups excluding tert-OH is 1. The van der Waals surface area contributed by atoms with E-state index in [1.807, 2.05) is 12.1 Å². The molecule has 0 saturated carbocycles. The third-order valence-electron chi connectivity index (χ3n) is 2.58. The minimum atomic E-state index is -0.453. The molecule has 0 aromatic heterocycles. The van der Waals surface area contributed by atoms with Crippen molar-refractivity contribution in [3.8, 4) is 11.5 Å². The Labute approximate surface area is 107 Å². The molecule has 0 saturated heterocycles. The molecular formula is C13H20O3S. The fourth-order valence-corrected chi connectivity index (χ4v) is 2.06. The van der Waals surface area contributed by atoms with E-state index in [9.17, 15) is 5.11 Å². The fourth-order valence-electron chi connectivity index (χ4n) is 1.61. The summed E-state index contributed by atoms with van der Waals surface area (Å²) in [6, 6.07) is 5.51. The minimum absolute atomic E-state index is 0.453. The van der Waals surface area contributed by atoms with E-state index in [4.69, 9.17) is 9.47 Å². The Bertz CT molecular complexity index is 319. The Morgan fingerprint density at radius 1 is 1.18 bits per heavy atom. The maximum Gasteiger partial charge on any atom is 0.122 e. The van der Waals surface area contributed by atoms with Gasteiger partial charge in [0, 0.05) is 6.07 Å².